The molecule has 0 aromatic heterocycles. The molecule has 0 spiro atoms. The summed E-state index contributed by atoms with van der Waals surface area (Å²) in [5.74, 6) is -0.260. The van der Waals surface area contributed by atoms with Crippen LogP contribution in [0.1, 0.15) is 45.0 Å². The zero-order chi connectivity index (χ0) is 15.7. The first-order chi connectivity index (χ1) is 9.82. The number of aliphatic hydroxyl groups is 1. The number of hydrogen-bond donors (Lipinski definition) is 1. The molecule has 0 saturated heterocycles. The van der Waals surface area contributed by atoms with Gasteiger partial charge in [0.15, 0.2) is 0 Å². The standard InChI is InChI=1S/C19H23FO/c1-11-12(2)14(4)19(15(5)13(11)3)18(21)10-16-7-6-8-17(20)9-16/h6-9,18,21H,10H2,1-5H3. The van der Waals surface area contributed by atoms with E-state index in [0.717, 1.165) is 22.3 Å². The van der Waals surface area contributed by atoms with E-state index in [2.05, 4.69) is 34.6 Å². The van der Waals surface area contributed by atoms with E-state index in [9.17, 15) is 9.50 Å². The number of benzene rings is 2. The first kappa shape index (κ1) is 15.7. The van der Waals surface area contributed by atoms with Gasteiger partial charge in [0.2, 0.25) is 0 Å². The summed E-state index contributed by atoms with van der Waals surface area (Å²) in [6, 6.07) is 6.45. The first-order valence-corrected chi connectivity index (χ1v) is 7.32. The smallest absolute Gasteiger partial charge is 0.123 e. The van der Waals surface area contributed by atoms with E-state index in [1.807, 2.05) is 6.07 Å². The molecule has 0 heterocycles. The second-order valence-corrected chi connectivity index (χ2v) is 5.89. The van der Waals surface area contributed by atoms with Gasteiger partial charge in [0.25, 0.3) is 0 Å². The predicted molar refractivity (Wildman–Crippen MR) is 85.2 cm³/mol. The molecule has 2 heteroatoms. The summed E-state index contributed by atoms with van der Waals surface area (Å²) in [7, 11) is 0. The molecule has 0 fully saturated rings. The van der Waals surface area contributed by atoms with E-state index in [0.29, 0.717) is 6.42 Å². The Labute approximate surface area is 126 Å². The Hall–Kier alpha value is -1.67. The van der Waals surface area contributed by atoms with Gasteiger partial charge in [0.1, 0.15) is 5.82 Å². The molecule has 1 nitrogen and oxygen atoms in total. The van der Waals surface area contributed by atoms with Gasteiger partial charge < -0.3 is 5.11 Å². The summed E-state index contributed by atoms with van der Waals surface area (Å²) < 4.78 is 13.3. The molecular weight excluding hydrogens is 263 g/mol. The summed E-state index contributed by atoms with van der Waals surface area (Å²) in [4.78, 5) is 0. The van der Waals surface area contributed by atoms with Crippen molar-refractivity contribution < 1.29 is 9.50 Å². The van der Waals surface area contributed by atoms with Gasteiger partial charge in [0, 0.05) is 6.42 Å². The van der Waals surface area contributed by atoms with Gasteiger partial charge in [-0.25, -0.2) is 4.39 Å². The molecule has 0 aliphatic carbocycles. The van der Waals surface area contributed by atoms with Crippen molar-refractivity contribution >= 4 is 0 Å². The van der Waals surface area contributed by atoms with Crippen LogP contribution in [0, 0.1) is 40.4 Å². The van der Waals surface area contributed by atoms with Gasteiger partial charge in [-0.2, -0.15) is 0 Å². The summed E-state index contributed by atoms with van der Waals surface area (Å²) >= 11 is 0. The number of aliphatic hydroxyl groups excluding tert-OH is 1. The minimum atomic E-state index is -0.607. The summed E-state index contributed by atoms with van der Waals surface area (Å²) in [6.45, 7) is 10.4. The van der Waals surface area contributed by atoms with E-state index in [4.69, 9.17) is 0 Å². The quantitative estimate of drug-likeness (QED) is 0.871. The second kappa shape index (κ2) is 5.98. The van der Waals surface area contributed by atoms with Gasteiger partial charge in [-0.05, 0) is 85.7 Å². The summed E-state index contributed by atoms with van der Waals surface area (Å²) in [6.07, 6.45) is -0.175. The van der Waals surface area contributed by atoms with Crippen molar-refractivity contribution in [3.63, 3.8) is 0 Å². The van der Waals surface area contributed by atoms with Crippen LogP contribution in [0.3, 0.4) is 0 Å². The molecule has 2 aromatic rings. The van der Waals surface area contributed by atoms with E-state index >= 15 is 0 Å². The van der Waals surface area contributed by atoms with E-state index in [1.54, 1.807) is 6.07 Å². The van der Waals surface area contributed by atoms with Crippen LogP contribution in [0.5, 0.6) is 0 Å². The van der Waals surface area contributed by atoms with Gasteiger partial charge in [-0.1, -0.05) is 12.1 Å². The Balaban J connectivity index is 2.42. The molecule has 2 rings (SSSR count). The van der Waals surface area contributed by atoms with Crippen molar-refractivity contribution in [1.29, 1.82) is 0 Å². The number of hydrogen-bond acceptors (Lipinski definition) is 1. The molecule has 1 N–H and O–H groups in total. The largest absolute Gasteiger partial charge is 0.388 e. The summed E-state index contributed by atoms with van der Waals surface area (Å²) in [5.41, 5.74) is 7.82. The predicted octanol–water partition coefficient (Wildman–Crippen LogP) is 4.64. The lowest BCUT2D eigenvalue weighted by Gasteiger charge is -2.22. The van der Waals surface area contributed by atoms with Crippen molar-refractivity contribution in [1.82, 2.24) is 0 Å². The van der Waals surface area contributed by atoms with Crippen LogP contribution in [-0.2, 0) is 6.42 Å². The van der Waals surface area contributed by atoms with Crippen LogP contribution >= 0.6 is 0 Å². The number of rotatable bonds is 3. The van der Waals surface area contributed by atoms with Gasteiger partial charge >= 0.3 is 0 Å². The normalized spacial score (nSPS) is 12.5. The van der Waals surface area contributed by atoms with Crippen LogP contribution in [0.25, 0.3) is 0 Å². The molecule has 1 atom stereocenters. The maximum Gasteiger partial charge on any atom is 0.123 e. The molecule has 0 saturated carbocycles. The molecule has 0 aliphatic rings. The SMILES string of the molecule is Cc1c(C)c(C)c(C(O)Cc2cccc(F)c2)c(C)c1C. The third-order valence-corrected chi connectivity index (χ3v) is 4.71. The maximum absolute atomic E-state index is 13.3. The van der Waals surface area contributed by atoms with Gasteiger partial charge in [-0.3, -0.25) is 0 Å². The average molecular weight is 286 g/mol. The third-order valence-electron chi connectivity index (χ3n) is 4.71. The fourth-order valence-electron chi connectivity index (χ4n) is 3.02. The van der Waals surface area contributed by atoms with E-state index < -0.39 is 6.10 Å². The molecule has 0 amide bonds. The van der Waals surface area contributed by atoms with Crippen molar-refractivity contribution in [2.45, 2.75) is 47.1 Å². The minimum absolute atomic E-state index is 0.260. The molecule has 0 aliphatic heterocycles. The molecule has 21 heavy (non-hydrogen) atoms. The molecular formula is C19H23FO. The molecule has 0 radical (unpaired) electrons. The van der Waals surface area contributed by atoms with Crippen LogP contribution in [0.2, 0.25) is 0 Å². The fraction of sp³-hybridized carbons (Fsp3) is 0.368. The van der Waals surface area contributed by atoms with Crippen molar-refractivity contribution in [3.8, 4) is 0 Å². The molecule has 1 unspecified atom stereocenters. The van der Waals surface area contributed by atoms with Gasteiger partial charge in [0.05, 0.1) is 6.10 Å². The number of halogens is 1. The van der Waals surface area contributed by atoms with Crippen LogP contribution in [0.4, 0.5) is 4.39 Å². The average Bonchev–Trinajstić information content (AvgIpc) is 2.43. The van der Waals surface area contributed by atoms with Crippen molar-refractivity contribution in [2.75, 3.05) is 0 Å². The highest BCUT2D eigenvalue weighted by Crippen LogP contribution is 2.32. The first-order valence-electron chi connectivity index (χ1n) is 7.32. The highest BCUT2D eigenvalue weighted by molar-refractivity contribution is 5.50. The van der Waals surface area contributed by atoms with Crippen LogP contribution in [-0.4, -0.2) is 5.11 Å². The van der Waals surface area contributed by atoms with Crippen LogP contribution < -0.4 is 0 Å². The topological polar surface area (TPSA) is 20.2 Å². The van der Waals surface area contributed by atoms with E-state index in [1.165, 1.54) is 28.8 Å². The lowest BCUT2D eigenvalue weighted by Crippen LogP contribution is -2.10. The Morgan fingerprint density at radius 1 is 0.905 bits per heavy atom. The highest BCUT2D eigenvalue weighted by Gasteiger charge is 2.19. The Kier molecular flexibility index (Phi) is 4.48. The lowest BCUT2D eigenvalue weighted by molar-refractivity contribution is 0.176. The highest BCUT2D eigenvalue weighted by atomic mass is 19.1. The zero-order valence-electron chi connectivity index (χ0n) is 13.4. The lowest BCUT2D eigenvalue weighted by atomic mass is 9.85. The summed E-state index contributed by atoms with van der Waals surface area (Å²) in [5, 5.41) is 10.6. The second-order valence-electron chi connectivity index (χ2n) is 5.89. The Bertz CT molecular complexity index is 645. The van der Waals surface area contributed by atoms with Crippen molar-refractivity contribution in [3.05, 3.63) is 69.0 Å². The van der Waals surface area contributed by atoms with Crippen molar-refractivity contribution in [2.24, 2.45) is 0 Å². The van der Waals surface area contributed by atoms with Gasteiger partial charge in [-0.15, -0.1) is 0 Å². The van der Waals surface area contributed by atoms with Crippen LogP contribution in [0.15, 0.2) is 24.3 Å². The maximum atomic E-state index is 13.3. The Morgan fingerprint density at radius 2 is 1.43 bits per heavy atom. The Morgan fingerprint density at radius 3 is 1.95 bits per heavy atom. The fourth-order valence-corrected chi connectivity index (χ4v) is 3.02. The molecule has 112 valence electrons. The third kappa shape index (κ3) is 3.01. The zero-order valence-corrected chi connectivity index (χ0v) is 13.4. The molecule has 0 bridgehead atoms. The monoisotopic (exact) mass is 286 g/mol. The molecule has 2 aromatic carbocycles. The minimum Gasteiger partial charge on any atom is -0.388 e. The van der Waals surface area contributed by atoms with E-state index in [-0.39, 0.29) is 5.82 Å².